The van der Waals surface area contributed by atoms with E-state index in [4.69, 9.17) is 4.74 Å². The third-order valence-corrected chi connectivity index (χ3v) is 5.09. The first kappa shape index (κ1) is 21.4. The van der Waals surface area contributed by atoms with Crippen LogP contribution in [0.4, 0.5) is 5.69 Å². The molecular weight excluding hydrogens is 384 g/mol. The van der Waals surface area contributed by atoms with Gasteiger partial charge in [0.25, 0.3) is 5.91 Å². The highest BCUT2D eigenvalue weighted by molar-refractivity contribution is 7.88. The molecule has 0 atom stereocenters. The van der Waals surface area contributed by atoms with Crippen LogP contribution in [0.15, 0.2) is 48.5 Å². The minimum Gasteiger partial charge on any atom is -0.484 e. The highest BCUT2D eigenvalue weighted by Crippen LogP contribution is 2.15. The number of benzene rings is 2. The fourth-order valence-corrected chi connectivity index (χ4v) is 2.64. The first-order valence-electron chi connectivity index (χ1n) is 8.30. The Morgan fingerprint density at radius 3 is 2.39 bits per heavy atom. The van der Waals surface area contributed by atoms with Crippen molar-refractivity contribution in [3.8, 4) is 5.75 Å². The molecule has 0 fully saturated rings. The van der Waals surface area contributed by atoms with Gasteiger partial charge in [0.15, 0.2) is 6.61 Å². The Morgan fingerprint density at radius 2 is 1.79 bits per heavy atom. The van der Waals surface area contributed by atoms with Crippen LogP contribution in [-0.4, -0.2) is 51.6 Å². The summed E-state index contributed by atoms with van der Waals surface area (Å²) in [4.78, 5) is 23.5. The zero-order chi connectivity index (χ0) is 20.7. The summed E-state index contributed by atoms with van der Waals surface area (Å²) in [6.07, 6.45) is 1.14. The monoisotopic (exact) mass is 406 g/mol. The van der Waals surface area contributed by atoms with Gasteiger partial charge in [0.2, 0.25) is 10.0 Å². The lowest BCUT2D eigenvalue weighted by atomic mass is 10.2. The molecule has 2 aromatic rings. The Hall–Kier alpha value is -2.91. The maximum atomic E-state index is 12.0. The number of nitrogens with one attached hydrogen (secondary N) is 1. The zero-order valence-electron chi connectivity index (χ0n) is 15.8. The Balaban J connectivity index is 1.88. The first-order chi connectivity index (χ1) is 13.2. The highest BCUT2D eigenvalue weighted by atomic mass is 32.2. The maximum Gasteiger partial charge on any atom is 0.337 e. The molecule has 0 saturated carbocycles. The minimum atomic E-state index is -3.25. The maximum absolute atomic E-state index is 12.0. The molecule has 28 heavy (non-hydrogen) atoms. The van der Waals surface area contributed by atoms with Crippen molar-refractivity contribution in [2.24, 2.45) is 0 Å². The number of rotatable bonds is 8. The van der Waals surface area contributed by atoms with Crippen LogP contribution in [0, 0.1) is 0 Å². The van der Waals surface area contributed by atoms with Gasteiger partial charge >= 0.3 is 5.97 Å². The summed E-state index contributed by atoms with van der Waals surface area (Å²) >= 11 is 0. The molecule has 2 aromatic carbocycles. The second-order valence-corrected chi connectivity index (χ2v) is 8.16. The molecule has 0 spiro atoms. The number of methoxy groups -OCH3 is 1. The van der Waals surface area contributed by atoms with E-state index in [0.717, 1.165) is 11.8 Å². The van der Waals surface area contributed by atoms with Gasteiger partial charge in [-0.1, -0.05) is 18.2 Å². The lowest BCUT2D eigenvalue weighted by Crippen LogP contribution is -2.24. The molecule has 0 aromatic heterocycles. The van der Waals surface area contributed by atoms with Gasteiger partial charge < -0.3 is 14.8 Å². The normalized spacial score (nSPS) is 11.1. The molecule has 150 valence electrons. The van der Waals surface area contributed by atoms with E-state index in [1.54, 1.807) is 42.5 Å². The van der Waals surface area contributed by atoms with Gasteiger partial charge in [-0.25, -0.2) is 17.5 Å². The molecule has 0 aliphatic carbocycles. The summed E-state index contributed by atoms with van der Waals surface area (Å²) in [5.41, 5.74) is 1.58. The number of ether oxygens (including phenoxy) is 2. The summed E-state index contributed by atoms with van der Waals surface area (Å²) in [5, 5.41) is 2.64. The molecule has 0 unspecified atom stereocenters. The number of nitrogens with zero attached hydrogens (tertiary/aromatic N) is 1. The van der Waals surface area contributed by atoms with E-state index < -0.39 is 16.0 Å². The molecule has 1 amide bonds. The van der Waals surface area contributed by atoms with Gasteiger partial charge in [0, 0.05) is 19.3 Å². The van der Waals surface area contributed by atoms with Crippen LogP contribution in [0.5, 0.6) is 5.75 Å². The van der Waals surface area contributed by atoms with E-state index in [9.17, 15) is 18.0 Å². The van der Waals surface area contributed by atoms with Crippen LogP contribution in [-0.2, 0) is 26.1 Å². The molecule has 9 heteroatoms. The largest absolute Gasteiger partial charge is 0.484 e. The third-order valence-electron chi connectivity index (χ3n) is 3.83. The number of carbonyl (C=O) groups is 2. The van der Waals surface area contributed by atoms with Crippen LogP contribution >= 0.6 is 0 Å². The molecule has 1 N–H and O–H groups in total. The SMILES string of the molecule is COC(=O)c1cccc(NC(=O)COc2ccc(CN(C)S(C)(=O)=O)cc2)c1. The van der Waals surface area contributed by atoms with Crippen LogP contribution in [0.1, 0.15) is 15.9 Å². The molecule has 0 saturated heterocycles. The average Bonchev–Trinajstić information content (AvgIpc) is 2.66. The Morgan fingerprint density at radius 1 is 1.11 bits per heavy atom. The molecular formula is C19H22N2O6S. The number of esters is 1. The van der Waals surface area contributed by atoms with Crippen molar-refractivity contribution in [1.29, 1.82) is 0 Å². The standard InChI is InChI=1S/C19H22N2O6S/c1-21(28(3,24)25)12-14-7-9-17(10-8-14)27-13-18(22)20-16-6-4-5-15(11-16)19(23)26-2/h4-11H,12-13H2,1-3H3,(H,20,22). The third kappa shape index (κ3) is 6.36. The summed E-state index contributed by atoms with van der Waals surface area (Å²) in [7, 11) is -0.470. The topological polar surface area (TPSA) is 102 Å². The van der Waals surface area contributed by atoms with E-state index in [0.29, 0.717) is 17.0 Å². The van der Waals surface area contributed by atoms with E-state index in [-0.39, 0.29) is 19.1 Å². The molecule has 0 bridgehead atoms. The van der Waals surface area contributed by atoms with Crippen molar-refractivity contribution in [2.75, 3.05) is 32.3 Å². The fourth-order valence-electron chi connectivity index (χ4n) is 2.25. The molecule has 2 rings (SSSR count). The Kier molecular flexibility index (Phi) is 7.13. The van der Waals surface area contributed by atoms with Gasteiger partial charge in [-0.15, -0.1) is 0 Å². The number of sulfonamides is 1. The van der Waals surface area contributed by atoms with Crippen molar-refractivity contribution in [2.45, 2.75) is 6.54 Å². The van der Waals surface area contributed by atoms with Crippen molar-refractivity contribution >= 4 is 27.6 Å². The van der Waals surface area contributed by atoms with Crippen LogP contribution in [0.3, 0.4) is 0 Å². The van der Waals surface area contributed by atoms with Crippen LogP contribution in [0.25, 0.3) is 0 Å². The van der Waals surface area contributed by atoms with Crippen molar-refractivity contribution in [3.05, 3.63) is 59.7 Å². The van der Waals surface area contributed by atoms with Gasteiger partial charge in [0.05, 0.1) is 18.9 Å². The quantitative estimate of drug-likeness (QED) is 0.672. The molecule has 0 radical (unpaired) electrons. The summed E-state index contributed by atoms with van der Waals surface area (Å²) in [5.74, 6) is -0.402. The summed E-state index contributed by atoms with van der Waals surface area (Å²) in [6.45, 7) is 0.0289. The summed E-state index contributed by atoms with van der Waals surface area (Å²) in [6, 6.07) is 13.2. The zero-order valence-corrected chi connectivity index (χ0v) is 16.7. The average molecular weight is 406 g/mol. The predicted octanol–water partition coefficient (Wildman–Crippen LogP) is 1.88. The number of carbonyl (C=O) groups excluding carboxylic acids is 2. The minimum absolute atomic E-state index is 0.217. The lowest BCUT2D eigenvalue weighted by Gasteiger charge is -2.14. The van der Waals surface area contributed by atoms with E-state index in [1.807, 2.05) is 0 Å². The molecule has 0 heterocycles. The van der Waals surface area contributed by atoms with Crippen LogP contribution in [0.2, 0.25) is 0 Å². The highest BCUT2D eigenvalue weighted by Gasteiger charge is 2.11. The number of hydrogen-bond acceptors (Lipinski definition) is 6. The fraction of sp³-hybridized carbons (Fsp3) is 0.263. The van der Waals surface area contributed by atoms with Gasteiger partial charge in [-0.05, 0) is 35.9 Å². The molecule has 0 aliphatic heterocycles. The van der Waals surface area contributed by atoms with Crippen LogP contribution < -0.4 is 10.1 Å². The van der Waals surface area contributed by atoms with Gasteiger partial charge in [0.1, 0.15) is 5.75 Å². The van der Waals surface area contributed by atoms with E-state index in [1.165, 1.54) is 24.5 Å². The van der Waals surface area contributed by atoms with Crippen molar-refractivity contribution in [1.82, 2.24) is 4.31 Å². The molecule has 0 aliphatic rings. The number of amides is 1. The van der Waals surface area contributed by atoms with Gasteiger partial charge in [-0.3, -0.25) is 4.79 Å². The predicted molar refractivity (Wildman–Crippen MR) is 105 cm³/mol. The first-order valence-corrected chi connectivity index (χ1v) is 10.1. The van der Waals surface area contributed by atoms with Crippen molar-refractivity contribution < 1.29 is 27.5 Å². The van der Waals surface area contributed by atoms with Crippen molar-refractivity contribution in [3.63, 3.8) is 0 Å². The molecule has 8 nitrogen and oxygen atoms in total. The Bertz CT molecular complexity index is 941. The van der Waals surface area contributed by atoms with E-state index in [2.05, 4.69) is 10.1 Å². The van der Waals surface area contributed by atoms with E-state index >= 15 is 0 Å². The smallest absolute Gasteiger partial charge is 0.337 e. The Labute approximate surface area is 164 Å². The lowest BCUT2D eigenvalue weighted by molar-refractivity contribution is -0.118. The number of hydrogen-bond donors (Lipinski definition) is 1. The van der Waals surface area contributed by atoms with Gasteiger partial charge in [-0.2, -0.15) is 0 Å². The second kappa shape index (κ2) is 9.34. The second-order valence-electron chi connectivity index (χ2n) is 6.07. The number of anilines is 1. The summed E-state index contributed by atoms with van der Waals surface area (Å²) < 4.78 is 34.2.